The smallest absolute Gasteiger partial charge is 0.324 e. The van der Waals surface area contributed by atoms with E-state index in [1.807, 2.05) is 6.92 Å². The van der Waals surface area contributed by atoms with E-state index >= 15 is 0 Å². The van der Waals surface area contributed by atoms with Crippen LogP contribution in [0, 0.1) is 13.8 Å². The molecule has 0 spiro atoms. The van der Waals surface area contributed by atoms with Crippen molar-refractivity contribution in [1.82, 2.24) is 0 Å². The number of carbonyl (C=O) groups is 1. The van der Waals surface area contributed by atoms with E-state index in [9.17, 15) is 13.2 Å². The molecule has 2 atom stereocenters. The highest BCUT2D eigenvalue weighted by Gasteiger charge is 2.44. The highest BCUT2D eigenvalue weighted by atomic mass is 32.2. The number of rotatable bonds is 1. The molecule has 1 aromatic carbocycles. The van der Waals surface area contributed by atoms with Gasteiger partial charge in [-0.1, -0.05) is 6.07 Å². The van der Waals surface area contributed by atoms with Crippen LogP contribution in [-0.2, 0) is 14.6 Å². The van der Waals surface area contributed by atoms with Crippen molar-refractivity contribution in [2.75, 3.05) is 5.32 Å². The third-order valence-electron chi connectivity index (χ3n) is 3.12. The molecule has 1 heterocycles. The molecule has 1 aliphatic heterocycles. The SMILES string of the molecule is Cc1cc(C)c2c(c1)NC(C)C(C(=O)O)S2(=O)=O. The molecule has 0 aliphatic carbocycles. The van der Waals surface area contributed by atoms with Gasteiger partial charge >= 0.3 is 5.97 Å². The number of carboxylic acids is 1. The van der Waals surface area contributed by atoms with Gasteiger partial charge in [0.25, 0.3) is 0 Å². The van der Waals surface area contributed by atoms with Crippen molar-refractivity contribution in [2.24, 2.45) is 0 Å². The standard InChI is InChI=1S/C12H15NO4S/c1-6-4-7(2)10-9(5-6)13-8(3)11(12(14)15)18(10,16)17/h4-5,8,11,13H,1-3H3,(H,14,15). The Morgan fingerprint density at radius 3 is 2.50 bits per heavy atom. The van der Waals surface area contributed by atoms with E-state index < -0.39 is 27.1 Å². The lowest BCUT2D eigenvalue weighted by Gasteiger charge is -2.30. The number of hydrogen-bond donors (Lipinski definition) is 2. The van der Waals surface area contributed by atoms with E-state index in [0.29, 0.717) is 11.3 Å². The van der Waals surface area contributed by atoms with Crippen LogP contribution < -0.4 is 5.32 Å². The molecule has 2 N–H and O–H groups in total. The average molecular weight is 269 g/mol. The Balaban J connectivity index is 2.75. The first-order valence-electron chi connectivity index (χ1n) is 5.59. The molecule has 6 heteroatoms. The van der Waals surface area contributed by atoms with Crippen LogP contribution in [0.4, 0.5) is 5.69 Å². The quantitative estimate of drug-likeness (QED) is 0.804. The predicted octanol–water partition coefficient (Wildman–Crippen LogP) is 1.34. The summed E-state index contributed by atoms with van der Waals surface area (Å²) in [5.41, 5.74) is 2.02. The zero-order valence-corrected chi connectivity index (χ0v) is 11.2. The van der Waals surface area contributed by atoms with Gasteiger partial charge in [0.15, 0.2) is 15.1 Å². The summed E-state index contributed by atoms with van der Waals surface area (Å²) >= 11 is 0. The van der Waals surface area contributed by atoms with Gasteiger partial charge in [-0.05, 0) is 38.0 Å². The summed E-state index contributed by atoms with van der Waals surface area (Å²) < 4.78 is 24.7. The number of nitrogens with one attached hydrogen (secondary N) is 1. The summed E-state index contributed by atoms with van der Waals surface area (Å²) in [5, 5.41) is 10.6. The van der Waals surface area contributed by atoms with E-state index in [2.05, 4.69) is 5.32 Å². The molecule has 0 saturated heterocycles. The van der Waals surface area contributed by atoms with Crippen LogP contribution >= 0.6 is 0 Å². The van der Waals surface area contributed by atoms with Crippen LogP contribution in [0.3, 0.4) is 0 Å². The zero-order valence-electron chi connectivity index (χ0n) is 10.4. The normalized spacial score (nSPS) is 25.1. The molecular formula is C12H15NO4S. The van der Waals surface area contributed by atoms with E-state index in [4.69, 9.17) is 5.11 Å². The fraction of sp³-hybridized carbons (Fsp3) is 0.417. The number of aryl methyl sites for hydroxylation is 2. The van der Waals surface area contributed by atoms with E-state index in [1.165, 1.54) is 0 Å². The minimum Gasteiger partial charge on any atom is -0.480 e. The van der Waals surface area contributed by atoms with Crippen molar-refractivity contribution in [1.29, 1.82) is 0 Å². The first-order chi connectivity index (χ1) is 8.25. The molecule has 0 amide bonds. The van der Waals surface area contributed by atoms with Gasteiger partial charge in [-0.25, -0.2) is 8.42 Å². The van der Waals surface area contributed by atoms with Gasteiger partial charge in [-0.3, -0.25) is 4.79 Å². The van der Waals surface area contributed by atoms with Crippen molar-refractivity contribution in [3.8, 4) is 0 Å². The van der Waals surface area contributed by atoms with Crippen molar-refractivity contribution < 1.29 is 18.3 Å². The second-order valence-electron chi connectivity index (χ2n) is 4.70. The summed E-state index contributed by atoms with van der Waals surface area (Å²) in [4.78, 5) is 11.3. The van der Waals surface area contributed by atoms with Gasteiger partial charge in [-0.15, -0.1) is 0 Å². The summed E-state index contributed by atoms with van der Waals surface area (Å²) in [6, 6.07) is 2.82. The van der Waals surface area contributed by atoms with Gasteiger partial charge < -0.3 is 10.4 Å². The Labute approximate surface area is 106 Å². The van der Waals surface area contributed by atoms with Gasteiger partial charge in [-0.2, -0.15) is 0 Å². The van der Waals surface area contributed by atoms with Crippen LogP contribution in [0.15, 0.2) is 17.0 Å². The Bertz CT molecular complexity index is 621. The average Bonchev–Trinajstić information content (AvgIpc) is 2.11. The molecule has 98 valence electrons. The predicted molar refractivity (Wildman–Crippen MR) is 67.6 cm³/mol. The lowest BCUT2D eigenvalue weighted by molar-refractivity contribution is -0.136. The van der Waals surface area contributed by atoms with Crippen LogP contribution in [0.25, 0.3) is 0 Å². The molecule has 5 nitrogen and oxygen atoms in total. The molecule has 0 saturated carbocycles. The number of carboxylic acid groups (broad SMARTS) is 1. The summed E-state index contributed by atoms with van der Waals surface area (Å²) in [6.07, 6.45) is 0. The zero-order chi connectivity index (χ0) is 13.7. The maximum Gasteiger partial charge on any atom is 0.324 e. The fourth-order valence-corrected chi connectivity index (χ4v) is 4.56. The first-order valence-corrected chi connectivity index (χ1v) is 7.14. The number of benzene rings is 1. The lowest BCUT2D eigenvalue weighted by Crippen LogP contribution is -2.47. The molecule has 1 aromatic rings. The van der Waals surface area contributed by atoms with Crippen LogP contribution in [-0.4, -0.2) is 30.8 Å². The highest BCUT2D eigenvalue weighted by molar-refractivity contribution is 7.93. The Morgan fingerprint density at radius 2 is 1.94 bits per heavy atom. The molecule has 0 radical (unpaired) electrons. The number of fused-ring (bicyclic) bond motifs is 1. The van der Waals surface area contributed by atoms with Gasteiger partial charge in [0.1, 0.15) is 0 Å². The first kappa shape index (κ1) is 12.9. The van der Waals surface area contributed by atoms with E-state index in [1.54, 1.807) is 26.0 Å². The number of sulfone groups is 1. The number of hydrogen-bond acceptors (Lipinski definition) is 4. The molecular weight excluding hydrogens is 254 g/mol. The third-order valence-corrected chi connectivity index (χ3v) is 5.51. The topological polar surface area (TPSA) is 83.5 Å². The largest absolute Gasteiger partial charge is 0.480 e. The van der Waals surface area contributed by atoms with Crippen LogP contribution in [0.1, 0.15) is 18.1 Å². The maximum atomic E-state index is 12.4. The Hall–Kier alpha value is -1.56. The van der Waals surface area contributed by atoms with E-state index in [0.717, 1.165) is 5.56 Å². The molecule has 2 rings (SSSR count). The fourth-order valence-electron chi connectivity index (χ4n) is 2.50. The molecule has 1 aliphatic rings. The molecule has 2 unspecified atom stereocenters. The molecule has 0 aromatic heterocycles. The minimum atomic E-state index is -3.84. The van der Waals surface area contributed by atoms with Crippen molar-refractivity contribution >= 4 is 21.5 Å². The Kier molecular flexibility index (Phi) is 2.85. The summed E-state index contributed by atoms with van der Waals surface area (Å²) in [6.45, 7) is 5.12. The van der Waals surface area contributed by atoms with Gasteiger partial charge in [0.05, 0.1) is 16.6 Å². The van der Waals surface area contributed by atoms with Crippen LogP contribution in [0.5, 0.6) is 0 Å². The summed E-state index contributed by atoms with van der Waals surface area (Å²) in [5.74, 6) is -1.32. The number of anilines is 1. The lowest BCUT2D eigenvalue weighted by atomic mass is 10.1. The second kappa shape index (κ2) is 3.98. The van der Waals surface area contributed by atoms with Gasteiger partial charge in [0.2, 0.25) is 0 Å². The molecule has 0 fully saturated rings. The van der Waals surface area contributed by atoms with E-state index in [-0.39, 0.29) is 4.90 Å². The second-order valence-corrected chi connectivity index (χ2v) is 6.70. The maximum absolute atomic E-state index is 12.4. The Morgan fingerprint density at radius 1 is 1.33 bits per heavy atom. The monoisotopic (exact) mass is 269 g/mol. The van der Waals surface area contributed by atoms with Crippen molar-refractivity contribution in [3.05, 3.63) is 23.3 Å². The number of aliphatic carboxylic acids is 1. The van der Waals surface area contributed by atoms with Crippen LogP contribution in [0.2, 0.25) is 0 Å². The molecule has 18 heavy (non-hydrogen) atoms. The highest BCUT2D eigenvalue weighted by Crippen LogP contribution is 2.35. The molecule has 0 bridgehead atoms. The van der Waals surface area contributed by atoms with Crippen molar-refractivity contribution in [2.45, 2.75) is 37.0 Å². The van der Waals surface area contributed by atoms with Gasteiger partial charge in [0, 0.05) is 0 Å². The van der Waals surface area contributed by atoms with Crippen molar-refractivity contribution in [3.63, 3.8) is 0 Å². The third kappa shape index (κ3) is 1.77. The minimum absolute atomic E-state index is 0.110. The summed E-state index contributed by atoms with van der Waals surface area (Å²) in [7, 11) is -3.84.